The van der Waals surface area contributed by atoms with Gasteiger partial charge < -0.3 is 0 Å². The molecule has 1 saturated heterocycles. The summed E-state index contributed by atoms with van der Waals surface area (Å²) in [7, 11) is -9.63. The Morgan fingerprint density at radius 2 is 0.800 bits per heavy atom. The van der Waals surface area contributed by atoms with Crippen LogP contribution in [0, 0.1) is 0 Å². The Balaban J connectivity index is 4.19. The molecule has 0 aromatic carbocycles. The number of hydrogen-bond donors (Lipinski definition) is 0. The molecule has 0 aromatic rings. The van der Waals surface area contributed by atoms with Crippen molar-refractivity contribution in [3.63, 3.8) is 0 Å². The molecule has 0 unspecified atom stereocenters. The molecular weight excluding hydrogens is 429 g/mol. The van der Waals surface area contributed by atoms with Crippen molar-refractivity contribution in [1.82, 2.24) is 0 Å². The Morgan fingerprint density at radius 3 is 0.920 bits per heavy atom. The Hall–Kier alpha value is -0.670. The first-order valence-corrected chi connectivity index (χ1v) is 6.99. The summed E-state index contributed by atoms with van der Waals surface area (Å²) in [4.78, 5) is 0. The quantitative estimate of drug-likeness (QED) is 0.406. The van der Waals surface area contributed by atoms with Gasteiger partial charge in [-0.1, -0.05) is 0 Å². The molecule has 0 amide bonds. The molecule has 0 spiro atoms. The second-order valence-electron chi connectivity index (χ2n) is 4.42. The molecule has 0 atom stereocenters. The van der Waals surface area contributed by atoms with Crippen molar-refractivity contribution in [3.05, 3.63) is 0 Å². The molecule has 0 N–H and O–H groups in total. The van der Waals surface area contributed by atoms with E-state index in [1.165, 1.54) is 0 Å². The summed E-state index contributed by atoms with van der Waals surface area (Å²) in [5.41, 5.74) is -15.1. The van der Waals surface area contributed by atoms with Crippen molar-refractivity contribution < 1.29 is 74.7 Å². The van der Waals surface area contributed by atoms with Crippen molar-refractivity contribution >= 4 is 7.91 Å². The van der Waals surface area contributed by atoms with Crippen LogP contribution >= 0.6 is 7.91 Å². The molecule has 0 bridgehead atoms. The van der Waals surface area contributed by atoms with E-state index in [-0.39, 0.29) is 0 Å². The summed E-state index contributed by atoms with van der Waals surface area (Å²) in [6, 6.07) is 0. The summed E-state index contributed by atoms with van der Waals surface area (Å²) >= 11 is 0. The average Bonchev–Trinajstić information content (AvgIpc) is 2.56. The normalized spacial score (nSPS) is 27.6. The van der Waals surface area contributed by atoms with Gasteiger partial charge in [-0.25, -0.2) is 0 Å². The van der Waals surface area contributed by atoms with Crippen LogP contribution in [0.15, 0.2) is 0 Å². The average molecular weight is 432 g/mol. The summed E-state index contributed by atoms with van der Waals surface area (Å²) in [5, 5.41) is 0. The van der Waals surface area contributed by atoms with Crippen LogP contribution in [0.4, 0.5) is 61.1 Å². The number of alkyl halides is 12. The van der Waals surface area contributed by atoms with Crippen LogP contribution in [-0.4, -0.2) is 43.0 Å². The van der Waals surface area contributed by atoms with Crippen molar-refractivity contribution in [2.45, 2.75) is 35.9 Å². The van der Waals surface area contributed by atoms with Crippen molar-refractivity contribution in [1.29, 1.82) is 0 Å². The second-order valence-corrected chi connectivity index (χ2v) is 6.55. The molecule has 152 valence electrons. The molecule has 0 saturated carbocycles. The zero-order valence-electron chi connectivity index (χ0n) is 11.0. The molecule has 1 heterocycles. The summed E-state index contributed by atoms with van der Waals surface area (Å²) in [5.74, 6) is 0. The molecule has 1 aliphatic rings. The molecule has 0 aliphatic carbocycles. The zero-order chi connectivity index (χ0) is 20.6. The van der Waals surface area contributed by atoms with Gasteiger partial charge >= 0.3 is 126 Å². The van der Waals surface area contributed by atoms with E-state index in [1.807, 2.05) is 0 Å². The minimum atomic E-state index is -9.14. The van der Waals surface area contributed by atoms with E-state index < -0.39 is 50.9 Å². The van der Waals surface area contributed by atoms with Gasteiger partial charge in [0.25, 0.3) is 0 Å². The maximum atomic E-state index is 13.6. The van der Waals surface area contributed by atoms with E-state index >= 15 is 0 Å². The monoisotopic (exact) mass is 432 g/mol. The molecule has 1 fully saturated rings. The van der Waals surface area contributed by atoms with Crippen LogP contribution in [0.2, 0.25) is 0 Å². The fraction of sp³-hybridized carbons (Fsp3) is 1.00. The molecule has 18 heteroatoms. The van der Waals surface area contributed by atoms with Gasteiger partial charge in [0.2, 0.25) is 0 Å². The van der Waals surface area contributed by atoms with Crippen LogP contribution in [0.5, 0.6) is 0 Å². The van der Waals surface area contributed by atoms with Crippen LogP contribution in [-0.2, 0) is 13.6 Å². The van der Waals surface area contributed by atoms with E-state index in [1.54, 1.807) is 0 Å². The first-order chi connectivity index (χ1) is 10.5. The topological polar surface area (TPSA) is 27.7 Å². The standard InChI is InChI=1S/C7H3F14O3P/c1-22-25(20,21)23-2(4(8,9)10,5(11,12)13)3(24-25,6(14,15)16)7(17,18)19/h1H3. The molecule has 1 rings (SSSR count). The predicted molar refractivity (Wildman–Crippen MR) is 48.0 cm³/mol. The predicted octanol–water partition coefficient (Wildman–Crippen LogP) is 5.47. The first-order valence-electron chi connectivity index (χ1n) is 5.22. The number of halogens is 14. The minimum absolute atomic E-state index is 0.488. The van der Waals surface area contributed by atoms with E-state index in [0.717, 1.165) is 0 Å². The van der Waals surface area contributed by atoms with Gasteiger partial charge in [0.05, 0.1) is 0 Å². The maximum absolute atomic E-state index is 13.6. The SMILES string of the molecule is COP1(F)(F)OC(C(F)(F)F)(C(F)(F)F)C(C(F)(F)F)(C(F)(F)F)O1. The van der Waals surface area contributed by atoms with Gasteiger partial charge in [-0.2, -0.15) is 0 Å². The summed E-state index contributed by atoms with van der Waals surface area (Å²) < 4.78 is 188. The third kappa shape index (κ3) is 2.73. The Kier molecular flexibility index (Phi) is 4.46. The van der Waals surface area contributed by atoms with Gasteiger partial charge in [-0.05, 0) is 0 Å². The third-order valence-electron chi connectivity index (χ3n) is 2.94. The Morgan fingerprint density at radius 1 is 0.600 bits per heavy atom. The zero-order valence-corrected chi connectivity index (χ0v) is 11.9. The first kappa shape index (κ1) is 22.4. The van der Waals surface area contributed by atoms with Crippen molar-refractivity contribution in [2.24, 2.45) is 0 Å². The third-order valence-corrected chi connectivity index (χ3v) is 4.64. The van der Waals surface area contributed by atoms with E-state index in [9.17, 15) is 61.1 Å². The van der Waals surface area contributed by atoms with Crippen LogP contribution in [0.25, 0.3) is 0 Å². The number of rotatable bonds is 1. The fourth-order valence-corrected chi connectivity index (χ4v) is 3.70. The van der Waals surface area contributed by atoms with Gasteiger partial charge in [0.1, 0.15) is 0 Å². The van der Waals surface area contributed by atoms with Crippen LogP contribution in [0.1, 0.15) is 0 Å². The van der Waals surface area contributed by atoms with Gasteiger partial charge in [-0.15, -0.1) is 0 Å². The molecule has 25 heavy (non-hydrogen) atoms. The Bertz CT molecular complexity index is 469. The van der Waals surface area contributed by atoms with Gasteiger partial charge in [0.15, 0.2) is 0 Å². The van der Waals surface area contributed by atoms with Gasteiger partial charge in [0, 0.05) is 0 Å². The molecule has 3 nitrogen and oxygen atoms in total. The van der Waals surface area contributed by atoms with Crippen molar-refractivity contribution in [2.75, 3.05) is 7.11 Å². The second kappa shape index (κ2) is 4.98. The molecule has 1 aliphatic heterocycles. The van der Waals surface area contributed by atoms with E-state index in [0.29, 0.717) is 0 Å². The van der Waals surface area contributed by atoms with Crippen LogP contribution < -0.4 is 0 Å². The van der Waals surface area contributed by atoms with E-state index in [4.69, 9.17) is 0 Å². The Labute approximate surface area is 127 Å². The van der Waals surface area contributed by atoms with Crippen molar-refractivity contribution in [3.8, 4) is 0 Å². The summed E-state index contributed by atoms with van der Waals surface area (Å²) in [6.07, 6.45) is -30.8. The van der Waals surface area contributed by atoms with Crippen LogP contribution in [0.3, 0.4) is 0 Å². The fourth-order valence-electron chi connectivity index (χ4n) is 1.98. The van der Waals surface area contributed by atoms with E-state index in [2.05, 4.69) is 13.6 Å². The number of hydrogen-bond acceptors (Lipinski definition) is 3. The van der Waals surface area contributed by atoms with Gasteiger partial charge in [-0.3, -0.25) is 0 Å². The molecule has 0 radical (unpaired) electrons. The molecule has 0 aromatic heterocycles. The molecular formula is C7H3F14O3P. The summed E-state index contributed by atoms with van der Waals surface area (Å²) in [6.45, 7) is 0.